The van der Waals surface area contributed by atoms with Crippen molar-refractivity contribution in [1.29, 1.82) is 0 Å². The lowest BCUT2D eigenvalue weighted by Gasteiger charge is -2.26. The van der Waals surface area contributed by atoms with Gasteiger partial charge in [-0.05, 0) is 116 Å². The number of anilines is 3. The molecule has 0 fully saturated rings. The molecule has 12 rings (SSSR count). The maximum Gasteiger partial charge on any atom is 0.143 e. The van der Waals surface area contributed by atoms with E-state index in [9.17, 15) is 0 Å². The molecule has 0 atom stereocenters. The maximum absolute atomic E-state index is 6.43. The fraction of sp³-hybridized carbons (Fsp3) is 0. The van der Waals surface area contributed by atoms with E-state index in [1.165, 1.54) is 27.5 Å². The van der Waals surface area contributed by atoms with Gasteiger partial charge >= 0.3 is 0 Å². The van der Waals surface area contributed by atoms with Crippen LogP contribution in [0.3, 0.4) is 0 Å². The average Bonchev–Trinajstić information content (AvgIpc) is 3.91. The van der Waals surface area contributed by atoms with Crippen LogP contribution in [0.1, 0.15) is 0 Å². The lowest BCUT2D eigenvalue weighted by Crippen LogP contribution is -2.09. The van der Waals surface area contributed by atoms with Gasteiger partial charge < -0.3 is 13.7 Å². The zero-order valence-electron chi connectivity index (χ0n) is 33.1. The predicted octanol–water partition coefficient (Wildman–Crippen LogP) is 16.8. The molecule has 2 aromatic heterocycles. The van der Waals surface area contributed by atoms with Crippen LogP contribution >= 0.6 is 0 Å². The van der Waals surface area contributed by atoms with Crippen LogP contribution in [0.25, 0.3) is 99.2 Å². The highest BCUT2D eigenvalue weighted by molar-refractivity contribution is 6.12. The topological polar surface area (TPSA) is 29.5 Å². The normalized spacial score (nSPS) is 11.6. The highest BCUT2D eigenvalue weighted by Gasteiger charge is 2.17. The highest BCUT2D eigenvalue weighted by Crippen LogP contribution is 2.42. The first-order valence-corrected chi connectivity index (χ1v) is 20.7. The van der Waals surface area contributed by atoms with Crippen molar-refractivity contribution in [2.75, 3.05) is 4.90 Å². The molecule has 286 valence electrons. The van der Waals surface area contributed by atoms with Crippen molar-refractivity contribution >= 4 is 71.7 Å². The Morgan fingerprint density at radius 2 is 0.770 bits per heavy atom. The lowest BCUT2D eigenvalue weighted by molar-refractivity contribution is 0.669. The Bertz CT molecular complexity index is 3580. The Hall–Kier alpha value is -8.14. The maximum atomic E-state index is 6.43. The third-order valence-corrected chi connectivity index (χ3v) is 12.1. The Kier molecular flexibility index (Phi) is 8.17. The Balaban J connectivity index is 0.929. The molecule has 0 aliphatic heterocycles. The van der Waals surface area contributed by atoms with Crippen LogP contribution in [-0.4, -0.2) is 0 Å². The summed E-state index contributed by atoms with van der Waals surface area (Å²) in [7, 11) is 0. The minimum absolute atomic E-state index is 0.894. The van der Waals surface area contributed by atoms with Gasteiger partial charge in [0.05, 0.1) is 0 Å². The summed E-state index contributed by atoms with van der Waals surface area (Å²) < 4.78 is 12.7. The fourth-order valence-electron chi connectivity index (χ4n) is 9.07. The molecule has 0 spiro atoms. The SMILES string of the molecule is c1cc(-c2ccc(N(c3ccc(-c4cccc5c4oc4ccccc45)cc3)c3ccc(-c4cccc5oc6ccccc6c45)cc3)cc2)cc(-c2ccc3ccccc3c2)c1. The molecule has 3 heteroatoms. The molecule has 0 aliphatic rings. The molecule has 0 aliphatic carbocycles. The molecule has 2 heterocycles. The summed E-state index contributed by atoms with van der Waals surface area (Å²) in [6.45, 7) is 0. The second-order valence-electron chi connectivity index (χ2n) is 15.7. The van der Waals surface area contributed by atoms with Gasteiger partial charge in [0, 0.05) is 44.2 Å². The van der Waals surface area contributed by atoms with Crippen LogP contribution in [0.2, 0.25) is 0 Å². The van der Waals surface area contributed by atoms with Gasteiger partial charge in [0.15, 0.2) is 0 Å². The van der Waals surface area contributed by atoms with Gasteiger partial charge in [-0.25, -0.2) is 0 Å². The molecular weight excluding hydrogens is 743 g/mol. The standard InChI is InChI=1S/C58H37NO2/c1-2-11-42-37-45(23-22-38(42)10-1)44-13-7-12-43(36-44)39-24-30-46(31-25-39)59(47-32-26-40(27-33-47)49-16-9-21-56-57(49)53-15-4-6-20-55(53)60-56)48-34-28-41(29-35-48)50-17-8-18-52-51-14-3-5-19-54(51)61-58(50)52/h1-37H. The zero-order chi connectivity index (χ0) is 40.3. The van der Waals surface area contributed by atoms with E-state index < -0.39 is 0 Å². The molecule has 12 aromatic rings. The van der Waals surface area contributed by atoms with Crippen molar-refractivity contribution in [2.24, 2.45) is 0 Å². The first-order valence-electron chi connectivity index (χ1n) is 20.7. The smallest absolute Gasteiger partial charge is 0.143 e. The minimum Gasteiger partial charge on any atom is -0.456 e. The van der Waals surface area contributed by atoms with Crippen LogP contribution in [0, 0.1) is 0 Å². The molecule has 0 unspecified atom stereocenters. The van der Waals surface area contributed by atoms with Crippen molar-refractivity contribution < 1.29 is 8.83 Å². The second kappa shape index (κ2) is 14.3. The summed E-state index contributed by atoms with van der Waals surface area (Å²) in [5.41, 5.74) is 16.0. The van der Waals surface area contributed by atoms with Crippen molar-refractivity contribution in [3.63, 3.8) is 0 Å². The number of hydrogen-bond donors (Lipinski definition) is 0. The number of para-hydroxylation sites is 3. The van der Waals surface area contributed by atoms with E-state index in [1.807, 2.05) is 24.3 Å². The summed E-state index contributed by atoms with van der Waals surface area (Å²) in [6, 6.07) is 80.0. The van der Waals surface area contributed by atoms with E-state index in [1.54, 1.807) is 0 Å². The number of rotatable bonds is 7. The molecule has 0 saturated heterocycles. The molecule has 61 heavy (non-hydrogen) atoms. The van der Waals surface area contributed by atoms with E-state index in [0.29, 0.717) is 0 Å². The number of hydrogen-bond acceptors (Lipinski definition) is 3. The van der Waals surface area contributed by atoms with Crippen molar-refractivity contribution in [1.82, 2.24) is 0 Å². The third kappa shape index (κ3) is 6.06. The molecule has 0 saturated carbocycles. The van der Waals surface area contributed by atoms with Gasteiger partial charge in [-0.3, -0.25) is 0 Å². The predicted molar refractivity (Wildman–Crippen MR) is 255 cm³/mol. The minimum atomic E-state index is 0.894. The number of furan rings is 2. The Labute approximate surface area is 353 Å². The number of benzene rings is 10. The van der Waals surface area contributed by atoms with Crippen LogP contribution in [0.5, 0.6) is 0 Å². The van der Waals surface area contributed by atoms with E-state index in [-0.39, 0.29) is 0 Å². The van der Waals surface area contributed by atoms with Crippen LogP contribution in [-0.2, 0) is 0 Å². The van der Waals surface area contributed by atoms with Crippen molar-refractivity contribution in [2.45, 2.75) is 0 Å². The van der Waals surface area contributed by atoms with Crippen molar-refractivity contribution in [3.05, 3.63) is 224 Å². The van der Waals surface area contributed by atoms with Crippen molar-refractivity contribution in [3.8, 4) is 44.5 Å². The molecule has 10 aromatic carbocycles. The average molecular weight is 780 g/mol. The first kappa shape index (κ1) is 34.9. The number of nitrogens with zero attached hydrogens (tertiary/aromatic N) is 1. The molecule has 0 bridgehead atoms. The van der Waals surface area contributed by atoms with Crippen LogP contribution in [0.4, 0.5) is 17.1 Å². The summed E-state index contributed by atoms with van der Waals surface area (Å²) in [5, 5.41) is 7.01. The highest BCUT2D eigenvalue weighted by atomic mass is 16.3. The summed E-state index contributed by atoms with van der Waals surface area (Å²) >= 11 is 0. The van der Waals surface area contributed by atoms with Gasteiger partial charge in [-0.15, -0.1) is 0 Å². The Morgan fingerprint density at radius 3 is 1.51 bits per heavy atom. The Morgan fingerprint density at radius 1 is 0.279 bits per heavy atom. The monoisotopic (exact) mass is 779 g/mol. The summed E-state index contributed by atoms with van der Waals surface area (Å²) in [6.07, 6.45) is 0. The molecule has 0 amide bonds. The number of fused-ring (bicyclic) bond motifs is 7. The van der Waals surface area contributed by atoms with Gasteiger partial charge in [0.2, 0.25) is 0 Å². The van der Waals surface area contributed by atoms with Crippen LogP contribution < -0.4 is 4.90 Å². The largest absolute Gasteiger partial charge is 0.456 e. The first-order chi connectivity index (χ1) is 30.2. The second-order valence-corrected chi connectivity index (χ2v) is 15.7. The third-order valence-electron chi connectivity index (χ3n) is 12.1. The molecular formula is C58H37NO2. The van der Waals surface area contributed by atoms with E-state index in [2.05, 4.69) is 205 Å². The lowest BCUT2D eigenvalue weighted by atomic mass is 9.97. The van der Waals surface area contributed by atoms with E-state index in [4.69, 9.17) is 8.83 Å². The zero-order valence-corrected chi connectivity index (χ0v) is 33.1. The van der Waals surface area contributed by atoms with Gasteiger partial charge in [-0.1, -0.05) is 158 Å². The van der Waals surface area contributed by atoms with Gasteiger partial charge in [0.25, 0.3) is 0 Å². The van der Waals surface area contributed by atoms with E-state index in [0.717, 1.165) is 88.8 Å². The van der Waals surface area contributed by atoms with E-state index >= 15 is 0 Å². The molecule has 3 nitrogen and oxygen atoms in total. The van der Waals surface area contributed by atoms with Gasteiger partial charge in [-0.2, -0.15) is 0 Å². The quantitative estimate of drug-likeness (QED) is 0.161. The summed E-state index contributed by atoms with van der Waals surface area (Å²) in [4.78, 5) is 2.33. The van der Waals surface area contributed by atoms with Gasteiger partial charge in [0.1, 0.15) is 22.3 Å². The summed E-state index contributed by atoms with van der Waals surface area (Å²) in [5.74, 6) is 0. The fourth-order valence-corrected chi connectivity index (χ4v) is 9.07. The molecule has 0 N–H and O–H groups in total. The molecule has 0 radical (unpaired) electrons. The van der Waals surface area contributed by atoms with Crippen LogP contribution in [0.15, 0.2) is 233 Å².